The highest BCUT2D eigenvalue weighted by atomic mass is 16.3. The molecule has 4 heteroatoms. The van der Waals surface area contributed by atoms with Crippen LogP contribution in [0.1, 0.15) is 39.0 Å². The molecule has 1 amide bonds. The van der Waals surface area contributed by atoms with Crippen LogP contribution in [-0.4, -0.2) is 59.6 Å². The Balaban J connectivity index is 1.65. The van der Waals surface area contributed by atoms with Crippen LogP contribution in [0.4, 0.5) is 0 Å². The van der Waals surface area contributed by atoms with Gasteiger partial charge >= 0.3 is 0 Å². The number of nitrogens with zero attached hydrogens (tertiary/aromatic N) is 2. The highest BCUT2D eigenvalue weighted by Crippen LogP contribution is 2.32. The van der Waals surface area contributed by atoms with Gasteiger partial charge in [0, 0.05) is 32.1 Å². The van der Waals surface area contributed by atoms with E-state index in [2.05, 4.69) is 11.8 Å². The van der Waals surface area contributed by atoms with Crippen LogP contribution in [0, 0.1) is 5.92 Å². The number of hydrogen-bond donors (Lipinski definition) is 1. The van der Waals surface area contributed by atoms with Crippen molar-refractivity contribution in [2.75, 3.05) is 26.7 Å². The summed E-state index contributed by atoms with van der Waals surface area (Å²) < 4.78 is 0. The largest absolute Gasteiger partial charge is 0.392 e. The standard InChI is InChI=1S/C14H26N2O2/c1-11-4-3-8-16(11)14(18)7-9-15(2)10-13(17)12-5-6-12/h11-13,17H,3-10H2,1-2H3. The van der Waals surface area contributed by atoms with E-state index in [1.54, 1.807) is 0 Å². The number of rotatable bonds is 6. The summed E-state index contributed by atoms with van der Waals surface area (Å²) >= 11 is 0. The van der Waals surface area contributed by atoms with Crippen LogP contribution in [0.25, 0.3) is 0 Å². The third-order valence-electron chi connectivity index (χ3n) is 4.25. The molecule has 1 N–H and O–H groups in total. The first-order valence-electron chi connectivity index (χ1n) is 7.24. The molecule has 2 atom stereocenters. The van der Waals surface area contributed by atoms with Gasteiger partial charge in [0.15, 0.2) is 0 Å². The van der Waals surface area contributed by atoms with Crippen molar-refractivity contribution in [2.24, 2.45) is 5.92 Å². The van der Waals surface area contributed by atoms with Gasteiger partial charge in [-0.1, -0.05) is 0 Å². The summed E-state index contributed by atoms with van der Waals surface area (Å²) in [6.45, 7) is 4.51. The maximum atomic E-state index is 12.0. The Bertz CT molecular complexity index is 292. The SMILES string of the molecule is CC1CCCN1C(=O)CCN(C)CC(O)C1CC1. The van der Waals surface area contributed by atoms with Gasteiger partial charge < -0.3 is 14.9 Å². The van der Waals surface area contributed by atoms with Gasteiger partial charge in [-0.25, -0.2) is 0 Å². The van der Waals surface area contributed by atoms with Crippen molar-refractivity contribution < 1.29 is 9.90 Å². The highest BCUT2D eigenvalue weighted by molar-refractivity contribution is 5.76. The van der Waals surface area contributed by atoms with Gasteiger partial charge in [-0.05, 0) is 45.6 Å². The Morgan fingerprint density at radius 1 is 1.44 bits per heavy atom. The van der Waals surface area contributed by atoms with Crippen LogP contribution in [0.15, 0.2) is 0 Å². The number of carbonyl (C=O) groups excluding carboxylic acids is 1. The highest BCUT2D eigenvalue weighted by Gasteiger charge is 2.30. The molecule has 0 spiro atoms. The minimum Gasteiger partial charge on any atom is -0.392 e. The van der Waals surface area contributed by atoms with E-state index in [-0.39, 0.29) is 12.0 Å². The van der Waals surface area contributed by atoms with Gasteiger partial charge in [0.1, 0.15) is 0 Å². The van der Waals surface area contributed by atoms with E-state index in [1.165, 1.54) is 12.8 Å². The number of aliphatic hydroxyl groups is 1. The molecule has 1 saturated carbocycles. The molecule has 18 heavy (non-hydrogen) atoms. The zero-order valence-electron chi connectivity index (χ0n) is 11.6. The molecule has 104 valence electrons. The van der Waals surface area contributed by atoms with Gasteiger partial charge in [-0.15, -0.1) is 0 Å². The normalized spacial score (nSPS) is 25.8. The van der Waals surface area contributed by atoms with Crippen LogP contribution in [-0.2, 0) is 4.79 Å². The van der Waals surface area contributed by atoms with E-state index in [9.17, 15) is 9.90 Å². The fraction of sp³-hybridized carbons (Fsp3) is 0.929. The van der Waals surface area contributed by atoms with Crippen molar-refractivity contribution in [1.82, 2.24) is 9.80 Å². The molecule has 2 unspecified atom stereocenters. The second-order valence-corrected chi connectivity index (χ2v) is 6.00. The average molecular weight is 254 g/mol. The molecule has 2 aliphatic rings. The van der Waals surface area contributed by atoms with E-state index in [0.29, 0.717) is 24.9 Å². The summed E-state index contributed by atoms with van der Waals surface area (Å²) in [5.74, 6) is 0.787. The fourth-order valence-corrected chi connectivity index (χ4v) is 2.77. The predicted octanol–water partition coefficient (Wildman–Crippen LogP) is 1.09. The Labute approximate surface area is 110 Å². The van der Waals surface area contributed by atoms with Gasteiger partial charge in [0.25, 0.3) is 0 Å². The molecule has 1 aliphatic heterocycles. The predicted molar refractivity (Wildman–Crippen MR) is 71.3 cm³/mol. The molecule has 1 heterocycles. The van der Waals surface area contributed by atoms with Crippen molar-refractivity contribution in [2.45, 2.75) is 51.2 Å². The fourth-order valence-electron chi connectivity index (χ4n) is 2.77. The van der Waals surface area contributed by atoms with Crippen LogP contribution >= 0.6 is 0 Å². The van der Waals surface area contributed by atoms with Crippen molar-refractivity contribution in [3.63, 3.8) is 0 Å². The number of likely N-dealkylation sites (tertiary alicyclic amines) is 1. The molecule has 2 rings (SSSR count). The maximum Gasteiger partial charge on any atom is 0.224 e. The third-order valence-corrected chi connectivity index (χ3v) is 4.25. The smallest absolute Gasteiger partial charge is 0.224 e. The number of hydrogen-bond acceptors (Lipinski definition) is 3. The molecule has 0 aromatic rings. The van der Waals surface area contributed by atoms with Crippen LogP contribution in [0.2, 0.25) is 0 Å². The first kappa shape index (κ1) is 13.8. The summed E-state index contributed by atoms with van der Waals surface area (Å²) in [5.41, 5.74) is 0. The van der Waals surface area contributed by atoms with Crippen molar-refractivity contribution in [3.8, 4) is 0 Å². The molecule has 1 saturated heterocycles. The quantitative estimate of drug-likeness (QED) is 0.771. The zero-order valence-corrected chi connectivity index (χ0v) is 11.6. The summed E-state index contributed by atoms with van der Waals surface area (Å²) in [4.78, 5) is 16.1. The second-order valence-electron chi connectivity index (χ2n) is 6.00. The summed E-state index contributed by atoms with van der Waals surface area (Å²) in [6.07, 6.45) is 5.00. The minimum absolute atomic E-state index is 0.198. The van der Waals surface area contributed by atoms with E-state index in [4.69, 9.17) is 0 Å². The summed E-state index contributed by atoms with van der Waals surface area (Å²) in [6, 6.07) is 0.417. The molecule has 0 aromatic heterocycles. The number of likely N-dealkylation sites (N-methyl/N-ethyl adjacent to an activating group) is 1. The Morgan fingerprint density at radius 3 is 2.72 bits per heavy atom. The average Bonchev–Trinajstić information content (AvgIpc) is 3.09. The molecule has 0 bridgehead atoms. The van der Waals surface area contributed by atoms with Crippen LogP contribution in [0.5, 0.6) is 0 Å². The second kappa shape index (κ2) is 6.02. The summed E-state index contributed by atoms with van der Waals surface area (Å²) in [7, 11) is 1.99. The minimum atomic E-state index is -0.198. The Morgan fingerprint density at radius 2 is 2.17 bits per heavy atom. The Kier molecular flexibility index (Phi) is 4.62. The van der Waals surface area contributed by atoms with Crippen LogP contribution in [0.3, 0.4) is 0 Å². The number of carbonyl (C=O) groups is 1. The molecule has 1 aliphatic carbocycles. The van der Waals surface area contributed by atoms with E-state index in [1.807, 2.05) is 11.9 Å². The van der Waals surface area contributed by atoms with E-state index < -0.39 is 0 Å². The van der Waals surface area contributed by atoms with Gasteiger partial charge in [0.05, 0.1) is 6.10 Å². The Hall–Kier alpha value is -0.610. The monoisotopic (exact) mass is 254 g/mol. The van der Waals surface area contributed by atoms with Crippen molar-refractivity contribution in [3.05, 3.63) is 0 Å². The molecular weight excluding hydrogens is 228 g/mol. The van der Waals surface area contributed by atoms with Gasteiger partial charge in [-0.2, -0.15) is 0 Å². The lowest BCUT2D eigenvalue weighted by Gasteiger charge is -2.24. The third kappa shape index (κ3) is 3.69. The number of amides is 1. The lowest BCUT2D eigenvalue weighted by molar-refractivity contribution is -0.132. The molecular formula is C14H26N2O2. The van der Waals surface area contributed by atoms with E-state index >= 15 is 0 Å². The van der Waals surface area contributed by atoms with Gasteiger partial charge in [0.2, 0.25) is 5.91 Å². The zero-order chi connectivity index (χ0) is 13.1. The van der Waals surface area contributed by atoms with Crippen molar-refractivity contribution >= 4 is 5.91 Å². The first-order chi connectivity index (χ1) is 8.58. The first-order valence-corrected chi connectivity index (χ1v) is 7.24. The van der Waals surface area contributed by atoms with Crippen molar-refractivity contribution in [1.29, 1.82) is 0 Å². The summed E-state index contributed by atoms with van der Waals surface area (Å²) in [5, 5.41) is 9.84. The maximum absolute atomic E-state index is 12.0. The number of aliphatic hydroxyl groups excluding tert-OH is 1. The van der Waals surface area contributed by atoms with Gasteiger partial charge in [-0.3, -0.25) is 4.79 Å². The topological polar surface area (TPSA) is 43.8 Å². The van der Waals surface area contributed by atoms with Crippen LogP contribution < -0.4 is 0 Å². The lowest BCUT2D eigenvalue weighted by atomic mass is 10.2. The molecule has 2 fully saturated rings. The van der Waals surface area contributed by atoms with E-state index in [0.717, 1.165) is 25.9 Å². The molecule has 0 aromatic carbocycles. The molecule has 4 nitrogen and oxygen atoms in total. The molecule has 0 radical (unpaired) electrons. The lowest BCUT2D eigenvalue weighted by Crippen LogP contribution is -2.37.